The Morgan fingerprint density at radius 1 is 1.35 bits per heavy atom. The van der Waals surface area contributed by atoms with Crippen LogP contribution in [-0.2, 0) is 14.3 Å². The molecule has 0 heterocycles. The lowest BCUT2D eigenvalue weighted by atomic mass is 10.2. The number of ether oxygens (including phenoxy) is 1. The molecule has 0 fully saturated rings. The van der Waals surface area contributed by atoms with Gasteiger partial charge in [0.05, 0.1) is 6.61 Å². The third-order valence-electron chi connectivity index (χ3n) is 2.47. The smallest absolute Gasteiger partial charge is 0.328 e. The summed E-state index contributed by atoms with van der Waals surface area (Å²) in [5.41, 5.74) is 0. The first-order chi connectivity index (χ1) is 8.08. The van der Waals surface area contributed by atoms with Crippen molar-refractivity contribution in [3.05, 3.63) is 12.7 Å². The molecule has 98 valence electrons. The van der Waals surface area contributed by atoms with Crippen molar-refractivity contribution in [2.45, 2.75) is 46.1 Å². The summed E-state index contributed by atoms with van der Waals surface area (Å²) in [6.07, 6.45) is 3.85. The van der Waals surface area contributed by atoms with Crippen molar-refractivity contribution < 1.29 is 14.3 Å². The first-order valence-electron chi connectivity index (χ1n) is 6.18. The molecular formula is C13H23NO3. The molecule has 0 aromatic carbocycles. The van der Waals surface area contributed by atoms with E-state index < -0.39 is 6.04 Å². The lowest BCUT2D eigenvalue weighted by Crippen LogP contribution is -2.43. The molecule has 0 aliphatic heterocycles. The molecule has 0 spiro atoms. The largest absolute Gasteiger partial charge is 0.464 e. The summed E-state index contributed by atoms with van der Waals surface area (Å²) in [6, 6.07) is -0.544. The molecule has 4 heteroatoms. The third kappa shape index (κ3) is 5.52. The van der Waals surface area contributed by atoms with Crippen LogP contribution in [0.15, 0.2) is 12.7 Å². The molecule has 0 aliphatic rings. The van der Waals surface area contributed by atoms with E-state index in [0.29, 0.717) is 13.2 Å². The van der Waals surface area contributed by atoms with Crippen molar-refractivity contribution in [2.24, 2.45) is 0 Å². The molecule has 17 heavy (non-hydrogen) atoms. The van der Waals surface area contributed by atoms with Gasteiger partial charge in [-0.05, 0) is 25.8 Å². The second-order valence-corrected chi connectivity index (χ2v) is 3.93. The second-order valence-electron chi connectivity index (χ2n) is 3.93. The molecule has 1 atom stereocenters. The van der Waals surface area contributed by atoms with Crippen LogP contribution in [0.1, 0.15) is 40.0 Å². The Kier molecular flexibility index (Phi) is 8.11. The van der Waals surface area contributed by atoms with E-state index in [4.69, 9.17) is 4.74 Å². The zero-order chi connectivity index (χ0) is 13.3. The lowest BCUT2D eigenvalue weighted by molar-refractivity contribution is -0.153. The highest BCUT2D eigenvalue weighted by Crippen LogP contribution is 2.05. The topological polar surface area (TPSA) is 46.6 Å². The second kappa shape index (κ2) is 8.79. The van der Waals surface area contributed by atoms with Crippen molar-refractivity contribution in [3.63, 3.8) is 0 Å². The predicted octanol–water partition coefficient (Wildman–Crippen LogP) is 2.14. The van der Waals surface area contributed by atoms with Crippen LogP contribution in [0.3, 0.4) is 0 Å². The van der Waals surface area contributed by atoms with Crippen LogP contribution in [0.2, 0.25) is 0 Å². The third-order valence-corrected chi connectivity index (χ3v) is 2.47. The van der Waals surface area contributed by atoms with Gasteiger partial charge in [-0.15, -0.1) is 0 Å². The van der Waals surface area contributed by atoms with Gasteiger partial charge in [0.2, 0.25) is 5.91 Å². The highest BCUT2D eigenvalue weighted by atomic mass is 16.5. The van der Waals surface area contributed by atoms with Gasteiger partial charge in [0.1, 0.15) is 6.04 Å². The maximum Gasteiger partial charge on any atom is 0.328 e. The van der Waals surface area contributed by atoms with E-state index in [9.17, 15) is 9.59 Å². The van der Waals surface area contributed by atoms with Gasteiger partial charge < -0.3 is 9.64 Å². The Hall–Kier alpha value is -1.32. The van der Waals surface area contributed by atoms with E-state index in [-0.39, 0.29) is 11.9 Å². The van der Waals surface area contributed by atoms with Gasteiger partial charge in [-0.2, -0.15) is 0 Å². The van der Waals surface area contributed by atoms with Gasteiger partial charge >= 0.3 is 5.97 Å². The van der Waals surface area contributed by atoms with Gasteiger partial charge in [0.25, 0.3) is 0 Å². The minimum atomic E-state index is -0.544. The first-order valence-corrected chi connectivity index (χ1v) is 6.18. The van der Waals surface area contributed by atoms with Gasteiger partial charge in [-0.25, -0.2) is 4.79 Å². The molecule has 0 aromatic heterocycles. The molecule has 1 amide bonds. The van der Waals surface area contributed by atoms with Crippen LogP contribution in [-0.4, -0.2) is 36.0 Å². The molecule has 4 nitrogen and oxygen atoms in total. The summed E-state index contributed by atoms with van der Waals surface area (Å²) in [7, 11) is 0. The Morgan fingerprint density at radius 3 is 2.47 bits per heavy atom. The van der Waals surface area contributed by atoms with Crippen LogP contribution in [0.4, 0.5) is 0 Å². The standard InChI is InChI=1S/C13H23NO3/c1-5-8-10-17-13(16)11(4)14(9-6-2)12(15)7-3/h7,11H,3,5-6,8-10H2,1-2,4H3. The molecule has 0 radical (unpaired) electrons. The van der Waals surface area contributed by atoms with Crippen LogP contribution in [0.5, 0.6) is 0 Å². The van der Waals surface area contributed by atoms with Gasteiger partial charge in [0, 0.05) is 6.54 Å². The summed E-state index contributed by atoms with van der Waals surface area (Å²) in [5, 5.41) is 0. The average Bonchev–Trinajstić information content (AvgIpc) is 2.34. The number of rotatable bonds is 8. The number of esters is 1. The molecule has 0 bridgehead atoms. The summed E-state index contributed by atoms with van der Waals surface area (Å²) >= 11 is 0. The Morgan fingerprint density at radius 2 is 2.00 bits per heavy atom. The number of nitrogens with zero attached hydrogens (tertiary/aromatic N) is 1. The minimum absolute atomic E-state index is 0.230. The lowest BCUT2D eigenvalue weighted by Gasteiger charge is -2.26. The number of hydrogen-bond donors (Lipinski definition) is 0. The number of hydrogen-bond acceptors (Lipinski definition) is 3. The Balaban J connectivity index is 4.38. The van der Waals surface area contributed by atoms with Gasteiger partial charge in [-0.3, -0.25) is 4.79 Å². The van der Waals surface area contributed by atoms with Crippen LogP contribution in [0, 0.1) is 0 Å². The zero-order valence-electron chi connectivity index (χ0n) is 11.1. The fourth-order valence-corrected chi connectivity index (χ4v) is 1.42. The van der Waals surface area contributed by atoms with Crippen LogP contribution < -0.4 is 0 Å². The molecule has 0 aromatic rings. The molecule has 0 N–H and O–H groups in total. The van der Waals surface area contributed by atoms with E-state index in [1.165, 1.54) is 11.0 Å². The number of carbonyl (C=O) groups excluding carboxylic acids is 2. The fourth-order valence-electron chi connectivity index (χ4n) is 1.42. The molecule has 0 rings (SSSR count). The van der Waals surface area contributed by atoms with E-state index in [1.54, 1.807) is 6.92 Å². The maximum atomic E-state index is 11.7. The van der Waals surface area contributed by atoms with Crippen molar-refractivity contribution >= 4 is 11.9 Å². The first kappa shape index (κ1) is 15.7. The molecule has 0 saturated carbocycles. The van der Waals surface area contributed by atoms with E-state index in [0.717, 1.165) is 19.3 Å². The van der Waals surface area contributed by atoms with Crippen molar-refractivity contribution in [1.82, 2.24) is 4.90 Å². The Bertz CT molecular complexity index is 263. The normalized spacial score (nSPS) is 11.7. The fraction of sp³-hybridized carbons (Fsp3) is 0.692. The molecule has 0 saturated heterocycles. The Labute approximate surface area is 104 Å². The molecule has 1 unspecified atom stereocenters. The quantitative estimate of drug-likeness (QED) is 0.371. The van der Waals surface area contributed by atoms with Crippen LogP contribution in [0.25, 0.3) is 0 Å². The summed E-state index contributed by atoms with van der Waals surface area (Å²) in [6.45, 7) is 10.1. The summed E-state index contributed by atoms with van der Waals surface area (Å²) in [4.78, 5) is 24.8. The van der Waals surface area contributed by atoms with Crippen molar-refractivity contribution in [2.75, 3.05) is 13.2 Å². The molecular weight excluding hydrogens is 218 g/mol. The van der Waals surface area contributed by atoms with Gasteiger partial charge in [-0.1, -0.05) is 26.8 Å². The van der Waals surface area contributed by atoms with E-state index in [2.05, 4.69) is 6.58 Å². The minimum Gasteiger partial charge on any atom is -0.464 e. The predicted molar refractivity (Wildman–Crippen MR) is 67.5 cm³/mol. The SMILES string of the molecule is C=CC(=O)N(CCC)C(C)C(=O)OCCCC. The monoisotopic (exact) mass is 241 g/mol. The molecule has 0 aliphatic carbocycles. The number of amides is 1. The highest BCUT2D eigenvalue weighted by Gasteiger charge is 2.24. The van der Waals surface area contributed by atoms with E-state index >= 15 is 0 Å². The van der Waals surface area contributed by atoms with E-state index in [1.807, 2.05) is 13.8 Å². The zero-order valence-corrected chi connectivity index (χ0v) is 11.1. The summed E-state index contributed by atoms with van der Waals surface area (Å²) in [5.74, 6) is -0.575. The van der Waals surface area contributed by atoms with Crippen molar-refractivity contribution in [1.29, 1.82) is 0 Å². The van der Waals surface area contributed by atoms with Gasteiger partial charge in [0.15, 0.2) is 0 Å². The highest BCUT2D eigenvalue weighted by molar-refractivity contribution is 5.91. The maximum absolute atomic E-state index is 11.7. The summed E-state index contributed by atoms with van der Waals surface area (Å²) < 4.78 is 5.10. The number of unbranched alkanes of at least 4 members (excludes halogenated alkanes) is 1. The number of carbonyl (C=O) groups is 2. The average molecular weight is 241 g/mol. The van der Waals surface area contributed by atoms with Crippen molar-refractivity contribution in [3.8, 4) is 0 Å². The van der Waals surface area contributed by atoms with Crippen LogP contribution >= 0.6 is 0 Å².